The van der Waals surface area contributed by atoms with E-state index >= 15 is 0 Å². The van der Waals surface area contributed by atoms with Crippen LogP contribution in [0.5, 0.6) is 0 Å². The molecule has 0 aliphatic heterocycles. The van der Waals surface area contributed by atoms with E-state index in [4.69, 9.17) is 0 Å². The summed E-state index contributed by atoms with van der Waals surface area (Å²) < 4.78 is 1.73. The Balaban J connectivity index is 1.35. The van der Waals surface area contributed by atoms with Crippen LogP contribution in [0, 0.1) is 0 Å². The number of carbonyl (C=O) groups is 2. The molecule has 3 aromatic rings. The molecule has 0 atom stereocenters. The summed E-state index contributed by atoms with van der Waals surface area (Å²) in [6.07, 6.45) is 1.06. The normalized spacial score (nSPS) is 10.6. The van der Waals surface area contributed by atoms with E-state index in [2.05, 4.69) is 32.2 Å². The van der Waals surface area contributed by atoms with Crippen molar-refractivity contribution >= 4 is 35.0 Å². The monoisotopic (exact) mass is 416 g/mol. The summed E-state index contributed by atoms with van der Waals surface area (Å²) >= 11 is 3.10. The zero-order valence-corrected chi connectivity index (χ0v) is 16.7. The Morgan fingerprint density at radius 3 is 2.79 bits per heavy atom. The van der Waals surface area contributed by atoms with Gasteiger partial charge in [0.2, 0.25) is 11.1 Å². The fraction of sp³-hybridized carbons (Fsp3) is 0.278. The third kappa shape index (κ3) is 6.46. The second-order valence-corrected chi connectivity index (χ2v) is 7.92. The van der Waals surface area contributed by atoms with Crippen LogP contribution < -0.4 is 10.6 Å². The molecule has 2 aromatic heterocycles. The zero-order chi connectivity index (χ0) is 19.6. The maximum Gasteiger partial charge on any atom is 0.321 e. The molecule has 3 amide bonds. The van der Waals surface area contributed by atoms with Crippen molar-refractivity contribution in [3.63, 3.8) is 0 Å². The van der Waals surface area contributed by atoms with Gasteiger partial charge in [0.15, 0.2) is 0 Å². The molecule has 0 aliphatic carbocycles. The van der Waals surface area contributed by atoms with E-state index in [0.29, 0.717) is 24.0 Å². The van der Waals surface area contributed by atoms with Gasteiger partial charge in [0.05, 0.1) is 6.54 Å². The molecule has 0 radical (unpaired) electrons. The number of thioether (sulfide) groups is 1. The van der Waals surface area contributed by atoms with Gasteiger partial charge >= 0.3 is 6.03 Å². The summed E-state index contributed by atoms with van der Waals surface area (Å²) in [6.45, 7) is 1.05. The number of thiophene rings is 1. The van der Waals surface area contributed by atoms with Crippen molar-refractivity contribution in [3.05, 3.63) is 58.3 Å². The fourth-order valence-corrected chi connectivity index (χ4v) is 3.90. The van der Waals surface area contributed by atoms with E-state index < -0.39 is 6.03 Å². The van der Waals surface area contributed by atoms with Crippen molar-refractivity contribution < 1.29 is 9.59 Å². The molecule has 10 heteroatoms. The first-order valence-electron chi connectivity index (χ1n) is 8.73. The van der Waals surface area contributed by atoms with Crippen LogP contribution in [0.2, 0.25) is 0 Å². The van der Waals surface area contributed by atoms with Crippen LogP contribution in [0.15, 0.2) is 53.0 Å². The van der Waals surface area contributed by atoms with Crippen LogP contribution in [0.1, 0.15) is 16.9 Å². The van der Waals surface area contributed by atoms with Gasteiger partial charge in [-0.15, -0.1) is 16.4 Å². The van der Waals surface area contributed by atoms with Gasteiger partial charge in [0, 0.05) is 30.0 Å². The van der Waals surface area contributed by atoms with Gasteiger partial charge in [0.25, 0.3) is 0 Å². The molecule has 2 N–H and O–H groups in total. The summed E-state index contributed by atoms with van der Waals surface area (Å²) in [4.78, 5) is 25.0. The number of nitrogens with zero attached hydrogens (tertiary/aromatic N) is 4. The highest BCUT2D eigenvalue weighted by molar-refractivity contribution is 7.99. The lowest BCUT2D eigenvalue weighted by atomic mass is 10.2. The van der Waals surface area contributed by atoms with Crippen LogP contribution in [0.3, 0.4) is 0 Å². The number of amides is 3. The van der Waals surface area contributed by atoms with Crippen molar-refractivity contribution in [2.75, 3.05) is 5.75 Å². The molecule has 0 unspecified atom stereocenters. The Morgan fingerprint density at radius 2 is 2.00 bits per heavy atom. The minimum absolute atomic E-state index is 0.196. The molecule has 2 heterocycles. The highest BCUT2D eigenvalue weighted by Gasteiger charge is 2.11. The number of aryl methyl sites for hydroxylation is 2. The molecule has 8 nitrogen and oxygen atoms in total. The molecular formula is C18H20N6O2S2. The summed E-state index contributed by atoms with van der Waals surface area (Å²) in [5.41, 5.74) is 0.968. The number of imide groups is 1. The number of hydrogen-bond donors (Lipinski definition) is 2. The van der Waals surface area contributed by atoms with Crippen LogP contribution in [0.25, 0.3) is 0 Å². The molecule has 146 valence electrons. The predicted molar refractivity (Wildman–Crippen MR) is 108 cm³/mol. The SMILES string of the molecule is O=C(CCSc1nnnn1CCc1cccs1)NC(=O)NCc1ccccc1. The average molecular weight is 417 g/mol. The number of benzene rings is 1. The van der Waals surface area contributed by atoms with Crippen molar-refractivity contribution in [2.45, 2.75) is 31.1 Å². The molecule has 0 fully saturated rings. The first-order valence-corrected chi connectivity index (χ1v) is 10.6. The number of rotatable bonds is 9. The number of hydrogen-bond acceptors (Lipinski definition) is 7. The lowest BCUT2D eigenvalue weighted by Gasteiger charge is -2.07. The quantitative estimate of drug-likeness (QED) is 0.520. The lowest BCUT2D eigenvalue weighted by Crippen LogP contribution is -2.39. The van der Waals surface area contributed by atoms with E-state index in [0.717, 1.165) is 12.0 Å². The van der Waals surface area contributed by atoms with Gasteiger partial charge in [-0.25, -0.2) is 9.48 Å². The highest BCUT2D eigenvalue weighted by atomic mass is 32.2. The van der Waals surface area contributed by atoms with E-state index in [9.17, 15) is 9.59 Å². The average Bonchev–Trinajstić information content (AvgIpc) is 3.37. The molecule has 3 rings (SSSR count). The summed E-state index contributed by atoms with van der Waals surface area (Å²) in [5.74, 6) is 0.146. The minimum Gasteiger partial charge on any atom is -0.334 e. The minimum atomic E-state index is -0.500. The van der Waals surface area contributed by atoms with Crippen LogP contribution >= 0.6 is 23.1 Å². The van der Waals surface area contributed by atoms with Gasteiger partial charge in [0.1, 0.15) is 0 Å². The number of aromatic nitrogens is 4. The van der Waals surface area contributed by atoms with Crippen LogP contribution in [0.4, 0.5) is 4.79 Å². The number of urea groups is 1. The van der Waals surface area contributed by atoms with Gasteiger partial charge in [-0.05, 0) is 27.4 Å². The van der Waals surface area contributed by atoms with Crippen LogP contribution in [-0.2, 0) is 24.3 Å². The molecule has 0 saturated heterocycles. The van der Waals surface area contributed by atoms with Crippen molar-refractivity contribution in [1.82, 2.24) is 30.8 Å². The number of tetrazole rings is 1. The topological polar surface area (TPSA) is 102 Å². The molecular weight excluding hydrogens is 396 g/mol. The molecule has 28 heavy (non-hydrogen) atoms. The smallest absolute Gasteiger partial charge is 0.321 e. The standard InChI is InChI=1S/C18H20N6O2S2/c25-16(20-17(26)19-13-14-5-2-1-3-6-14)9-12-28-18-21-22-23-24(18)10-8-15-7-4-11-27-15/h1-7,11H,8-10,12-13H2,(H2,19,20,25,26). The van der Waals surface area contributed by atoms with Crippen molar-refractivity contribution in [1.29, 1.82) is 0 Å². The number of nitrogens with one attached hydrogen (secondary N) is 2. The molecule has 1 aromatic carbocycles. The first-order chi connectivity index (χ1) is 13.7. The summed E-state index contributed by atoms with van der Waals surface area (Å²) in [6, 6.07) is 13.1. The molecule has 0 bridgehead atoms. The van der Waals surface area contributed by atoms with Gasteiger partial charge in [-0.2, -0.15) is 0 Å². The van der Waals surface area contributed by atoms with E-state index in [1.165, 1.54) is 16.6 Å². The Labute approximate surface area is 170 Å². The molecule has 0 saturated carbocycles. The maximum absolute atomic E-state index is 11.9. The molecule has 0 spiro atoms. The van der Waals surface area contributed by atoms with Crippen molar-refractivity contribution in [2.24, 2.45) is 0 Å². The Morgan fingerprint density at radius 1 is 1.14 bits per heavy atom. The lowest BCUT2D eigenvalue weighted by molar-refractivity contribution is -0.119. The van der Waals surface area contributed by atoms with E-state index in [-0.39, 0.29) is 12.3 Å². The predicted octanol–water partition coefficient (Wildman–Crippen LogP) is 2.49. The Kier molecular flexibility index (Phi) is 7.56. The van der Waals surface area contributed by atoms with Gasteiger partial charge < -0.3 is 5.32 Å². The van der Waals surface area contributed by atoms with E-state index in [1.54, 1.807) is 16.0 Å². The zero-order valence-electron chi connectivity index (χ0n) is 15.1. The summed E-state index contributed by atoms with van der Waals surface area (Å²) in [5, 5.41) is 19.4. The third-order valence-corrected chi connectivity index (χ3v) is 5.65. The Hall–Kier alpha value is -2.72. The fourth-order valence-electron chi connectivity index (χ4n) is 2.36. The van der Waals surface area contributed by atoms with Crippen molar-refractivity contribution in [3.8, 4) is 0 Å². The largest absolute Gasteiger partial charge is 0.334 e. The summed E-state index contributed by atoms with van der Waals surface area (Å²) in [7, 11) is 0. The highest BCUT2D eigenvalue weighted by Crippen LogP contribution is 2.16. The maximum atomic E-state index is 11.9. The van der Waals surface area contributed by atoms with Gasteiger partial charge in [-0.3, -0.25) is 10.1 Å². The first kappa shape index (κ1) is 20.0. The van der Waals surface area contributed by atoms with Gasteiger partial charge in [-0.1, -0.05) is 48.2 Å². The molecule has 0 aliphatic rings. The van der Waals surface area contributed by atoms with E-state index in [1.807, 2.05) is 41.8 Å². The second kappa shape index (κ2) is 10.6. The Bertz CT molecular complexity index is 883. The second-order valence-electron chi connectivity index (χ2n) is 5.83. The number of carbonyl (C=O) groups excluding carboxylic acids is 2. The third-order valence-electron chi connectivity index (χ3n) is 3.76. The van der Waals surface area contributed by atoms with Crippen LogP contribution in [-0.4, -0.2) is 37.9 Å².